The molecule has 0 spiro atoms. The number of nitrogens with zero attached hydrogens (tertiary/aromatic N) is 1. The molecule has 0 bridgehead atoms. The molecule has 102 valence electrons. The first-order chi connectivity index (χ1) is 9.60. The maximum Gasteiger partial charge on any atom is 0.125 e. The lowest BCUT2D eigenvalue weighted by molar-refractivity contribution is 0.190. The number of aliphatic hydroxyl groups excluding tert-OH is 1. The Balaban J connectivity index is 2.16. The molecule has 0 saturated heterocycles. The van der Waals surface area contributed by atoms with Crippen molar-refractivity contribution in [2.75, 3.05) is 0 Å². The maximum absolute atomic E-state index is 9.79. The standard InChI is InChI=1S/C17H17NO2/c1-12-6-7-17(16(8-12)13(2)19)20-11-15-5-3-4-14(9-15)10-18/h3-9,13,19H,11H2,1-2H3/t13-/m0/s1. The van der Waals surface area contributed by atoms with Crippen LogP contribution in [0.1, 0.15) is 35.3 Å². The normalized spacial score (nSPS) is 11.7. The van der Waals surface area contributed by atoms with Gasteiger partial charge in [-0.2, -0.15) is 5.26 Å². The lowest BCUT2D eigenvalue weighted by atomic mass is 10.1. The smallest absolute Gasteiger partial charge is 0.125 e. The number of aryl methyl sites for hydroxylation is 1. The van der Waals surface area contributed by atoms with Crippen LogP contribution in [0.4, 0.5) is 0 Å². The largest absolute Gasteiger partial charge is 0.489 e. The minimum absolute atomic E-state index is 0.373. The van der Waals surface area contributed by atoms with E-state index in [2.05, 4.69) is 6.07 Å². The Morgan fingerprint density at radius 1 is 1.25 bits per heavy atom. The Hall–Kier alpha value is -2.31. The first-order valence-corrected chi connectivity index (χ1v) is 6.50. The van der Waals surface area contributed by atoms with E-state index in [0.717, 1.165) is 16.7 Å². The summed E-state index contributed by atoms with van der Waals surface area (Å²) in [7, 11) is 0. The van der Waals surface area contributed by atoms with Gasteiger partial charge in [0.1, 0.15) is 12.4 Å². The Morgan fingerprint density at radius 3 is 2.75 bits per heavy atom. The molecule has 1 atom stereocenters. The Morgan fingerprint density at radius 2 is 2.05 bits per heavy atom. The van der Waals surface area contributed by atoms with Gasteiger partial charge in [0, 0.05) is 5.56 Å². The van der Waals surface area contributed by atoms with Gasteiger partial charge in [-0.25, -0.2) is 0 Å². The molecule has 0 aliphatic carbocycles. The summed E-state index contributed by atoms with van der Waals surface area (Å²) < 4.78 is 5.77. The highest BCUT2D eigenvalue weighted by Crippen LogP contribution is 2.27. The third kappa shape index (κ3) is 3.37. The molecule has 0 aliphatic rings. The van der Waals surface area contributed by atoms with E-state index in [1.54, 1.807) is 19.1 Å². The molecule has 0 fully saturated rings. The molecule has 0 aromatic heterocycles. The zero-order chi connectivity index (χ0) is 14.5. The minimum atomic E-state index is -0.574. The van der Waals surface area contributed by atoms with E-state index in [9.17, 15) is 5.11 Å². The summed E-state index contributed by atoms with van der Waals surface area (Å²) in [6, 6.07) is 15.2. The van der Waals surface area contributed by atoms with E-state index in [1.807, 2.05) is 37.3 Å². The van der Waals surface area contributed by atoms with Gasteiger partial charge in [0.2, 0.25) is 0 Å². The molecule has 0 radical (unpaired) electrons. The van der Waals surface area contributed by atoms with Crippen LogP contribution in [0.25, 0.3) is 0 Å². The quantitative estimate of drug-likeness (QED) is 0.922. The molecule has 0 amide bonds. The zero-order valence-corrected chi connectivity index (χ0v) is 11.6. The Kier molecular flexibility index (Phi) is 4.39. The number of hydrogen-bond acceptors (Lipinski definition) is 3. The van der Waals surface area contributed by atoms with Crippen molar-refractivity contribution in [3.8, 4) is 11.8 Å². The van der Waals surface area contributed by atoms with E-state index in [4.69, 9.17) is 10.00 Å². The van der Waals surface area contributed by atoms with Gasteiger partial charge in [0.15, 0.2) is 0 Å². The molecule has 3 nitrogen and oxygen atoms in total. The van der Waals surface area contributed by atoms with Crippen LogP contribution in [0, 0.1) is 18.3 Å². The third-order valence-electron chi connectivity index (χ3n) is 3.07. The average molecular weight is 267 g/mol. The van der Waals surface area contributed by atoms with E-state index >= 15 is 0 Å². The lowest BCUT2D eigenvalue weighted by Gasteiger charge is -2.14. The summed E-state index contributed by atoms with van der Waals surface area (Å²) in [5.74, 6) is 0.674. The van der Waals surface area contributed by atoms with Crippen molar-refractivity contribution >= 4 is 0 Å². The molecular formula is C17H17NO2. The van der Waals surface area contributed by atoms with Gasteiger partial charge in [0.05, 0.1) is 17.7 Å². The average Bonchev–Trinajstić information content (AvgIpc) is 2.46. The number of nitriles is 1. The fourth-order valence-corrected chi connectivity index (χ4v) is 2.02. The molecule has 20 heavy (non-hydrogen) atoms. The zero-order valence-electron chi connectivity index (χ0n) is 11.6. The summed E-state index contributed by atoms with van der Waals surface area (Å²) in [6.45, 7) is 4.07. The monoisotopic (exact) mass is 267 g/mol. The van der Waals surface area contributed by atoms with E-state index in [0.29, 0.717) is 17.9 Å². The van der Waals surface area contributed by atoms with Crippen LogP contribution < -0.4 is 4.74 Å². The summed E-state index contributed by atoms with van der Waals surface area (Å²) in [5, 5.41) is 18.7. The van der Waals surface area contributed by atoms with Crippen LogP contribution in [0.2, 0.25) is 0 Å². The van der Waals surface area contributed by atoms with Gasteiger partial charge >= 0.3 is 0 Å². The highest BCUT2D eigenvalue weighted by atomic mass is 16.5. The van der Waals surface area contributed by atoms with Gasteiger partial charge in [-0.15, -0.1) is 0 Å². The van der Waals surface area contributed by atoms with Crippen molar-refractivity contribution in [1.82, 2.24) is 0 Å². The number of ether oxygens (including phenoxy) is 1. The number of hydrogen-bond donors (Lipinski definition) is 1. The van der Waals surface area contributed by atoms with Crippen molar-refractivity contribution in [3.05, 3.63) is 64.7 Å². The highest BCUT2D eigenvalue weighted by Gasteiger charge is 2.09. The maximum atomic E-state index is 9.79. The molecule has 0 aliphatic heterocycles. The summed E-state index contributed by atoms with van der Waals surface area (Å²) in [4.78, 5) is 0. The second kappa shape index (κ2) is 6.23. The summed E-state index contributed by atoms with van der Waals surface area (Å²) in [5.41, 5.74) is 3.41. The van der Waals surface area contributed by atoms with Crippen molar-refractivity contribution in [3.63, 3.8) is 0 Å². The molecule has 1 N–H and O–H groups in total. The molecule has 0 heterocycles. The highest BCUT2D eigenvalue weighted by molar-refractivity contribution is 5.39. The van der Waals surface area contributed by atoms with E-state index in [-0.39, 0.29) is 0 Å². The molecule has 2 rings (SSSR count). The summed E-state index contributed by atoms with van der Waals surface area (Å²) >= 11 is 0. The second-order valence-corrected chi connectivity index (χ2v) is 4.82. The van der Waals surface area contributed by atoms with Crippen LogP contribution in [0.3, 0.4) is 0 Å². The van der Waals surface area contributed by atoms with Crippen molar-refractivity contribution in [2.24, 2.45) is 0 Å². The van der Waals surface area contributed by atoms with Crippen LogP contribution in [0.5, 0.6) is 5.75 Å². The van der Waals surface area contributed by atoms with Crippen LogP contribution >= 0.6 is 0 Å². The fourth-order valence-electron chi connectivity index (χ4n) is 2.02. The molecule has 2 aromatic carbocycles. The number of aliphatic hydroxyl groups is 1. The molecular weight excluding hydrogens is 250 g/mol. The van der Waals surface area contributed by atoms with Gasteiger partial charge in [0.25, 0.3) is 0 Å². The van der Waals surface area contributed by atoms with Crippen LogP contribution in [-0.2, 0) is 6.61 Å². The fraction of sp³-hybridized carbons (Fsp3) is 0.235. The minimum Gasteiger partial charge on any atom is -0.489 e. The van der Waals surface area contributed by atoms with Crippen molar-refractivity contribution in [1.29, 1.82) is 5.26 Å². The second-order valence-electron chi connectivity index (χ2n) is 4.82. The molecule has 0 unspecified atom stereocenters. The van der Waals surface area contributed by atoms with Gasteiger partial charge in [-0.3, -0.25) is 0 Å². The molecule has 3 heteroatoms. The van der Waals surface area contributed by atoms with Gasteiger partial charge in [-0.05, 0) is 43.7 Å². The number of benzene rings is 2. The van der Waals surface area contributed by atoms with Crippen LogP contribution in [-0.4, -0.2) is 5.11 Å². The lowest BCUT2D eigenvalue weighted by Crippen LogP contribution is -2.01. The van der Waals surface area contributed by atoms with E-state index < -0.39 is 6.10 Å². The summed E-state index contributed by atoms with van der Waals surface area (Å²) in [6.07, 6.45) is -0.574. The van der Waals surface area contributed by atoms with Crippen LogP contribution in [0.15, 0.2) is 42.5 Å². The third-order valence-corrected chi connectivity index (χ3v) is 3.07. The predicted molar refractivity (Wildman–Crippen MR) is 77.3 cm³/mol. The molecule has 2 aromatic rings. The van der Waals surface area contributed by atoms with Gasteiger partial charge in [-0.1, -0.05) is 23.8 Å². The predicted octanol–water partition coefficient (Wildman–Crippen LogP) is 3.50. The molecule has 0 saturated carbocycles. The number of rotatable bonds is 4. The first-order valence-electron chi connectivity index (χ1n) is 6.50. The van der Waals surface area contributed by atoms with Gasteiger partial charge < -0.3 is 9.84 Å². The Labute approximate surface area is 119 Å². The van der Waals surface area contributed by atoms with Crippen molar-refractivity contribution < 1.29 is 9.84 Å². The van der Waals surface area contributed by atoms with E-state index in [1.165, 1.54) is 0 Å². The topological polar surface area (TPSA) is 53.2 Å². The van der Waals surface area contributed by atoms with Crippen molar-refractivity contribution in [2.45, 2.75) is 26.6 Å². The first kappa shape index (κ1) is 14.1. The Bertz CT molecular complexity index is 642. The SMILES string of the molecule is Cc1ccc(OCc2cccc(C#N)c2)c([C@H](C)O)c1.